The van der Waals surface area contributed by atoms with Gasteiger partial charge in [-0.25, -0.2) is 0 Å². The molecule has 0 fully saturated rings. The van der Waals surface area contributed by atoms with Gasteiger partial charge in [0, 0.05) is 11.6 Å². The van der Waals surface area contributed by atoms with Crippen LogP contribution in [-0.2, 0) is 35.2 Å². The van der Waals surface area contributed by atoms with Crippen molar-refractivity contribution in [1.29, 1.82) is 0 Å². The maximum Gasteiger partial charge on any atom is 0.290 e. The molecule has 1 aliphatic heterocycles. The van der Waals surface area contributed by atoms with E-state index in [9.17, 15) is 13.2 Å². The van der Waals surface area contributed by atoms with Gasteiger partial charge in [-0.05, 0) is 84.7 Å². The van der Waals surface area contributed by atoms with E-state index in [-0.39, 0.29) is 31.0 Å². The largest absolute Gasteiger partial charge is 0.489 e. The molecule has 0 spiro atoms. The first kappa shape index (κ1) is 33.7. The Morgan fingerprint density at radius 3 is 2.24 bits per heavy atom. The molecule has 1 aliphatic carbocycles. The molecule has 9 nitrogen and oxygen atoms in total. The summed E-state index contributed by atoms with van der Waals surface area (Å²) in [7, 11) is -3.72. The van der Waals surface area contributed by atoms with Gasteiger partial charge in [0.15, 0.2) is 0 Å². The van der Waals surface area contributed by atoms with E-state index in [1.807, 2.05) is 72.8 Å². The van der Waals surface area contributed by atoms with E-state index in [2.05, 4.69) is 11.4 Å². The monoisotopic (exact) mass is 679 g/mol. The molecule has 1 N–H and O–H groups in total. The Labute approximate surface area is 286 Å². The van der Waals surface area contributed by atoms with Crippen LogP contribution in [0.3, 0.4) is 0 Å². The highest BCUT2D eigenvalue weighted by atomic mass is 32.2. The summed E-state index contributed by atoms with van der Waals surface area (Å²) in [6.45, 7) is 2.30. The van der Waals surface area contributed by atoms with Gasteiger partial charge in [-0.2, -0.15) is 8.42 Å². The van der Waals surface area contributed by atoms with Gasteiger partial charge in [-0.15, -0.1) is 0 Å². The molecule has 0 bridgehead atoms. The van der Waals surface area contributed by atoms with Crippen LogP contribution in [0.4, 0.5) is 5.69 Å². The van der Waals surface area contributed by atoms with Gasteiger partial charge in [-0.1, -0.05) is 66.7 Å². The van der Waals surface area contributed by atoms with Crippen LogP contribution in [0.5, 0.6) is 17.2 Å². The van der Waals surface area contributed by atoms with Crippen molar-refractivity contribution in [3.63, 3.8) is 0 Å². The molecule has 3 atom stereocenters. The smallest absolute Gasteiger partial charge is 0.290 e. The van der Waals surface area contributed by atoms with Crippen LogP contribution in [0.15, 0.2) is 138 Å². The zero-order valence-electron chi connectivity index (χ0n) is 26.9. The van der Waals surface area contributed by atoms with Crippen molar-refractivity contribution in [3.05, 3.63) is 149 Å². The van der Waals surface area contributed by atoms with Crippen molar-refractivity contribution in [2.45, 2.75) is 26.2 Å². The quantitative estimate of drug-likeness (QED) is 0.106. The molecule has 4 aromatic carbocycles. The normalized spacial score (nSPS) is 18.6. The lowest BCUT2D eigenvalue weighted by Gasteiger charge is -2.35. The number of nitrogens with one attached hydrogen (secondary N) is 1. The highest BCUT2D eigenvalue weighted by Gasteiger charge is 2.44. The van der Waals surface area contributed by atoms with E-state index < -0.39 is 16.4 Å². The van der Waals surface area contributed by atoms with Crippen LogP contribution in [-0.4, -0.2) is 33.8 Å². The molecule has 4 aromatic rings. The van der Waals surface area contributed by atoms with Crippen LogP contribution in [0, 0.1) is 11.8 Å². The Hall–Kier alpha value is -5.16. The number of carbonyl (C=O) groups excluding carboxylic acids is 1. The molecule has 0 saturated heterocycles. The Bertz CT molecular complexity index is 1910. The standard InChI is InChI=1S/C39H37NO8S/c1-2-47-49(42,43)24-23-28-13-18-32(19-14-28)44-26-30-15-22-35-36(27-46-39(37(30)35)45-25-29-9-5-3-6-10-29)38(41)40-31-16-20-34(21-17-31)48-33-11-7-4-8-12-33/h3-21,23-24,27,35,37,39H,2,22,25-26H2,1H3,(H,40,41)/b24-23+/t35-,37-,39-/m1/s1. The number of hydrogen-bond donors (Lipinski definition) is 1. The first-order valence-electron chi connectivity index (χ1n) is 16.0. The first-order chi connectivity index (χ1) is 23.9. The van der Waals surface area contributed by atoms with Crippen molar-refractivity contribution in [3.8, 4) is 17.2 Å². The Balaban J connectivity index is 1.12. The van der Waals surface area contributed by atoms with Crippen LogP contribution >= 0.6 is 0 Å². The van der Waals surface area contributed by atoms with Crippen molar-refractivity contribution in [1.82, 2.24) is 0 Å². The summed E-state index contributed by atoms with van der Waals surface area (Å²) in [4.78, 5) is 13.6. The molecule has 6 rings (SSSR count). The van der Waals surface area contributed by atoms with Crippen molar-refractivity contribution in [2.75, 3.05) is 18.5 Å². The Kier molecular flexibility index (Phi) is 10.9. The van der Waals surface area contributed by atoms with Gasteiger partial charge < -0.3 is 24.3 Å². The number of anilines is 1. The second-order valence-electron chi connectivity index (χ2n) is 11.5. The lowest BCUT2D eigenvalue weighted by atomic mass is 9.83. The van der Waals surface area contributed by atoms with Gasteiger partial charge in [0.05, 0.1) is 36.4 Å². The number of amides is 1. The number of carbonyl (C=O) groups is 1. The Morgan fingerprint density at radius 1 is 0.857 bits per heavy atom. The second-order valence-corrected chi connectivity index (χ2v) is 13.0. The zero-order valence-corrected chi connectivity index (χ0v) is 27.8. The lowest BCUT2D eigenvalue weighted by Crippen LogP contribution is -2.38. The minimum absolute atomic E-state index is 0.0709. The minimum atomic E-state index is -3.72. The molecular formula is C39H37NO8S. The van der Waals surface area contributed by atoms with Gasteiger partial charge in [0.1, 0.15) is 23.9 Å². The lowest BCUT2D eigenvalue weighted by molar-refractivity contribution is -0.157. The summed E-state index contributed by atoms with van der Waals surface area (Å²) in [6.07, 6.45) is 5.09. The fourth-order valence-electron chi connectivity index (χ4n) is 5.73. The SMILES string of the molecule is CCOS(=O)(=O)/C=C/c1ccc(OCC2=CC[C@@H]3C(C(=O)Nc4ccc(Oc5ccccc5)cc4)=CO[C@@H](OCc4ccccc4)[C@H]23)cc1. The van der Waals surface area contributed by atoms with E-state index in [1.165, 1.54) is 12.3 Å². The molecule has 0 radical (unpaired) electrons. The average molecular weight is 680 g/mol. The van der Waals surface area contributed by atoms with E-state index in [0.29, 0.717) is 41.4 Å². The fourth-order valence-corrected chi connectivity index (χ4v) is 6.46. The first-order valence-corrected chi connectivity index (χ1v) is 17.5. The van der Waals surface area contributed by atoms with E-state index >= 15 is 0 Å². The zero-order chi connectivity index (χ0) is 34.1. The summed E-state index contributed by atoms with van der Waals surface area (Å²) in [5, 5.41) is 4.04. The van der Waals surface area contributed by atoms with Crippen molar-refractivity contribution in [2.24, 2.45) is 11.8 Å². The van der Waals surface area contributed by atoms with Gasteiger partial charge in [-0.3, -0.25) is 8.98 Å². The highest BCUT2D eigenvalue weighted by Crippen LogP contribution is 2.44. The maximum atomic E-state index is 13.6. The number of para-hydroxylation sites is 1. The third-order valence-electron chi connectivity index (χ3n) is 8.12. The molecule has 0 aromatic heterocycles. The molecular weight excluding hydrogens is 642 g/mol. The molecule has 252 valence electrons. The Morgan fingerprint density at radius 2 is 1.53 bits per heavy atom. The van der Waals surface area contributed by atoms with Crippen molar-refractivity contribution < 1.29 is 36.3 Å². The number of fused-ring (bicyclic) bond motifs is 1. The maximum absolute atomic E-state index is 13.6. The highest BCUT2D eigenvalue weighted by molar-refractivity contribution is 7.89. The third kappa shape index (κ3) is 9.05. The molecule has 10 heteroatoms. The summed E-state index contributed by atoms with van der Waals surface area (Å²) in [5.41, 5.74) is 3.82. The fraction of sp³-hybridized carbons (Fsp3) is 0.205. The van der Waals surface area contributed by atoms with Crippen LogP contribution < -0.4 is 14.8 Å². The van der Waals surface area contributed by atoms with E-state index in [4.69, 9.17) is 23.1 Å². The third-order valence-corrected chi connectivity index (χ3v) is 9.16. The molecule has 1 heterocycles. The van der Waals surface area contributed by atoms with Gasteiger partial charge in [0.25, 0.3) is 16.0 Å². The summed E-state index contributed by atoms with van der Waals surface area (Å²) < 4.78 is 52.8. The van der Waals surface area contributed by atoms with Crippen LogP contribution in [0.1, 0.15) is 24.5 Å². The number of hydrogen-bond acceptors (Lipinski definition) is 8. The van der Waals surface area contributed by atoms with Gasteiger partial charge in [0.2, 0.25) is 6.29 Å². The molecule has 1 amide bonds. The number of ether oxygens (including phenoxy) is 4. The van der Waals surface area contributed by atoms with E-state index in [0.717, 1.165) is 22.3 Å². The summed E-state index contributed by atoms with van der Waals surface area (Å²) in [6, 6.07) is 33.6. The predicted molar refractivity (Wildman–Crippen MR) is 187 cm³/mol. The van der Waals surface area contributed by atoms with Crippen molar-refractivity contribution >= 4 is 27.8 Å². The molecule has 0 saturated carbocycles. The summed E-state index contributed by atoms with van der Waals surface area (Å²) in [5.74, 6) is 1.33. The second kappa shape index (κ2) is 15.8. The molecule has 2 aliphatic rings. The molecule has 49 heavy (non-hydrogen) atoms. The summed E-state index contributed by atoms with van der Waals surface area (Å²) >= 11 is 0. The topological polar surface area (TPSA) is 109 Å². The minimum Gasteiger partial charge on any atom is -0.489 e. The number of rotatable bonds is 14. The number of benzene rings is 4. The molecule has 0 unspecified atom stereocenters. The predicted octanol–water partition coefficient (Wildman–Crippen LogP) is 7.85. The number of allylic oxidation sites excluding steroid dienone is 1. The van der Waals surface area contributed by atoms with Crippen LogP contribution in [0.25, 0.3) is 6.08 Å². The van der Waals surface area contributed by atoms with Crippen LogP contribution in [0.2, 0.25) is 0 Å². The average Bonchev–Trinajstić information content (AvgIpc) is 3.55. The van der Waals surface area contributed by atoms with Gasteiger partial charge >= 0.3 is 0 Å². The van der Waals surface area contributed by atoms with E-state index in [1.54, 1.807) is 43.3 Å².